The molecule has 27 heavy (non-hydrogen) atoms. The SMILES string of the molecule is O=C(CN(C1=NCCCCC1)c1ccc(Br)cc1)c1ccc([N+](=O)[O-])cc1. The second-order valence-electron chi connectivity index (χ2n) is 6.40. The molecule has 0 amide bonds. The molecular formula is C20H20BrN3O3. The van der Waals surface area contributed by atoms with Gasteiger partial charge in [0.05, 0.1) is 11.5 Å². The maximum absolute atomic E-state index is 12.8. The number of carbonyl (C=O) groups is 1. The van der Waals surface area contributed by atoms with E-state index in [0.29, 0.717) is 5.56 Å². The van der Waals surface area contributed by atoms with Gasteiger partial charge in [-0.3, -0.25) is 19.9 Å². The molecule has 1 aliphatic heterocycles. The first-order chi connectivity index (χ1) is 13.0. The van der Waals surface area contributed by atoms with Gasteiger partial charge < -0.3 is 4.90 Å². The Kier molecular flexibility index (Phi) is 6.34. The lowest BCUT2D eigenvalue weighted by atomic mass is 10.1. The number of nitro groups is 1. The minimum atomic E-state index is -0.470. The first kappa shape index (κ1) is 19.2. The number of carbonyl (C=O) groups excluding carboxylic acids is 1. The van der Waals surface area contributed by atoms with Crippen LogP contribution in [0.15, 0.2) is 58.0 Å². The summed E-state index contributed by atoms with van der Waals surface area (Å²) in [6, 6.07) is 13.5. The monoisotopic (exact) mass is 429 g/mol. The standard InChI is InChI=1S/C20H20BrN3O3/c21-16-7-11-17(12-8-16)23(20-4-2-1-3-13-22-20)14-19(25)15-5-9-18(10-6-15)24(26)27/h5-12H,1-4,13-14H2. The number of ketones is 1. The molecule has 2 aromatic carbocycles. The normalized spacial score (nSPS) is 14.2. The molecule has 2 aromatic rings. The highest BCUT2D eigenvalue weighted by Crippen LogP contribution is 2.23. The molecule has 0 aromatic heterocycles. The van der Waals surface area contributed by atoms with Crippen molar-refractivity contribution < 1.29 is 9.72 Å². The molecule has 0 saturated carbocycles. The Morgan fingerprint density at radius 1 is 1.07 bits per heavy atom. The van der Waals surface area contributed by atoms with Gasteiger partial charge in [0, 0.05) is 40.8 Å². The van der Waals surface area contributed by atoms with Crippen LogP contribution in [-0.4, -0.2) is 29.6 Å². The summed E-state index contributed by atoms with van der Waals surface area (Å²) in [4.78, 5) is 29.8. The Hall–Kier alpha value is -2.54. The summed E-state index contributed by atoms with van der Waals surface area (Å²) < 4.78 is 0.968. The summed E-state index contributed by atoms with van der Waals surface area (Å²) in [5, 5.41) is 10.8. The van der Waals surface area contributed by atoms with Crippen LogP contribution in [0, 0.1) is 10.1 Å². The van der Waals surface area contributed by atoms with Crippen molar-refractivity contribution in [2.45, 2.75) is 25.7 Å². The zero-order valence-corrected chi connectivity index (χ0v) is 16.4. The molecule has 1 aliphatic rings. The Morgan fingerprint density at radius 2 is 1.78 bits per heavy atom. The molecule has 7 heteroatoms. The van der Waals surface area contributed by atoms with Gasteiger partial charge in [0.25, 0.3) is 5.69 Å². The Labute approximate surface area is 166 Å². The number of hydrogen-bond donors (Lipinski definition) is 0. The van der Waals surface area contributed by atoms with Gasteiger partial charge in [-0.15, -0.1) is 0 Å². The number of benzene rings is 2. The van der Waals surface area contributed by atoms with Crippen molar-refractivity contribution in [1.82, 2.24) is 0 Å². The first-order valence-corrected chi connectivity index (χ1v) is 9.68. The average molecular weight is 430 g/mol. The van der Waals surface area contributed by atoms with Crippen LogP contribution < -0.4 is 4.90 Å². The fourth-order valence-corrected chi connectivity index (χ4v) is 3.30. The molecule has 0 radical (unpaired) electrons. The minimum absolute atomic E-state index is 0.0236. The number of rotatable bonds is 5. The summed E-state index contributed by atoms with van der Waals surface area (Å²) in [6.07, 6.45) is 4.09. The van der Waals surface area contributed by atoms with Gasteiger partial charge in [-0.1, -0.05) is 22.4 Å². The van der Waals surface area contributed by atoms with E-state index in [2.05, 4.69) is 15.9 Å². The maximum Gasteiger partial charge on any atom is 0.269 e. The fourth-order valence-electron chi connectivity index (χ4n) is 3.04. The largest absolute Gasteiger partial charge is 0.322 e. The van der Waals surface area contributed by atoms with Crippen molar-refractivity contribution in [2.24, 2.45) is 4.99 Å². The third-order valence-corrected chi connectivity index (χ3v) is 5.03. The fraction of sp³-hybridized carbons (Fsp3) is 0.300. The predicted molar refractivity (Wildman–Crippen MR) is 110 cm³/mol. The van der Waals surface area contributed by atoms with Crippen LogP contribution in [-0.2, 0) is 0 Å². The maximum atomic E-state index is 12.8. The number of anilines is 1. The molecule has 0 N–H and O–H groups in total. The van der Waals surface area contributed by atoms with E-state index in [0.717, 1.165) is 48.2 Å². The molecular weight excluding hydrogens is 410 g/mol. The third kappa shape index (κ3) is 5.01. The Bertz CT molecular complexity index is 848. The van der Waals surface area contributed by atoms with Crippen LogP contribution in [0.25, 0.3) is 0 Å². The summed E-state index contributed by atoms with van der Waals surface area (Å²) in [6.45, 7) is 0.923. The number of nitrogens with zero attached hydrogens (tertiary/aromatic N) is 3. The van der Waals surface area contributed by atoms with Crippen LogP contribution in [0.2, 0.25) is 0 Å². The van der Waals surface area contributed by atoms with E-state index in [4.69, 9.17) is 4.99 Å². The minimum Gasteiger partial charge on any atom is -0.322 e. The van der Waals surface area contributed by atoms with Gasteiger partial charge in [0.15, 0.2) is 5.78 Å². The number of non-ortho nitro benzene ring substituents is 1. The van der Waals surface area contributed by atoms with E-state index in [1.807, 2.05) is 29.2 Å². The quantitative estimate of drug-likeness (QED) is 0.379. The van der Waals surface area contributed by atoms with Gasteiger partial charge >= 0.3 is 0 Å². The number of nitro benzene ring substituents is 1. The van der Waals surface area contributed by atoms with Gasteiger partial charge in [0.1, 0.15) is 5.84 Å². The second kappa shape index (κ2) is 8.90. The van der Waals surface area contributed by atoms with Gasteiger partial charge in [-0.2, -0.15) is 0 Å². The predicted octanol–water partition coefficient (Wildman–Crippen LogP) is 5.02. The van der Waals surface area contributed by atoms with E-state index in [1.54, 1.807) is 0 Å². The van der Waals surface area contributed by atoms with Crippen LogP contribution in [0.4, 0.5) is 11.4 Å². The van der Waals surface area contributed by atoms with Crippen molar-refractivity contribution in [2.75, 3.05) is 18.0 Å². The number of Topliss-reactive ketones (excluding diaryl/α,β-unsaturated/α-hetero) is 1. The molecule has 0 aliphatic carbocycles. The molecule has 0 bridgehead atoms. The first-order valence-electron chi connectivity index (χ1n) is 8.88. The molecule has 140 valence electrons. The van der Waals surface area contributed by atoms with Gasteiger partial charge in [-0.05, 0) is 49.2 Å². The zero-order chi connectivity index (χ0) is 19.2. The van der Waals surface area contributed by atoms with Crippen LogP contribution in [0.5, 0.6) is 0 Å². The summed E-state index contributed by atoms with van der Waals surface area (Å²) >= 11 is 3.44. The van der Waals surface area contributed by atoms with E-state index < -0.39 is 4.92 Å². The lowest BCUT2D eigenvalue weighted by Crippen LogP contribution is -2.36. The number of aliphatic imine (C=N–C) groups is 1. The zero-order valence-electron chi connectivity index (χ0n) is 14.8. The molecule has 0 saturated heterocycles. The highest BCUT2D eigenvalue weighted by molar-refractivity contribution is 9.10. The summed E-state index contributed by atoms with van der Waals surface area (Å²) in [5.41, 5.74) is 1.34. The molecule has 3 rings (SSSR count). The number of halogens is 1. The van der Waals surface area contributed by atoms with Crippen molar-refractivity contribution in [3.8, 4) is 0 Å². The summed E-state index contributed by atoms with van der Waals surface area (Å²) in [5.74, 6) is 0.824. The lowest BCUT2D eigenvalue weighted by Gasteiger charge is -2.25. The van der Waals surface area contributed by atoms with E-state index >= 15 is 0 Å². The van der Waals surface area contributed by atoms with Crippen molar-refractivity contribution in [3.63, 3.8) is 0 Å². The van der Waals surface area contributed by atoms with Crippen molar-refractivity contribution >= 4 is 38.9 Å². The number of hydrogen-bond acceptors (Lipinski definition) is 5. The summed E-state index contributed by atoms with van der Waals surface area (Å²) in [7, 11) is 0. The van der Waals surface area contributed by atoms with E-state index in [1.165, 1.54) is 24.3 Å². The highest BCUT2D eigenvalue weighted by atomic mass is 79.9. The molecule has 1 heterocycles. The lowest BCUT2D eigenvalue weighted by molar-refractivity contribution is -0.384. The molecule has 0 unspecified atom stereocenters. The second-order valence-corrected chi connectivity index (χ2v) is 7.31. The van der Waals surface area contributed by atoms with Crippen molar-refractivity contribution in [3.05, 3.63) is 68.7 Å². The number of amidine groups is 1. The van der Waals surface area contributed by atoms with Crippen LogP contribution in [0.3, 0.4) is 0 Å². The van der Waals surface area contributed by atoms with Crippen LogP contribution >= 0.6 is 15.9 Å². The molecule has 0 spiro atoms. The molecule has 0 atom stereocenters. The van der Waals surface area contributed by atoms with E-state index in [9.17, 15) is 14.9 Å². The smallest absolute Gasteiger partial charge is 0.269 e. The molecule has 0 fully saturated rings. The highest BCUT2D eigenvalue weighted by Gasteiger charge is 2.20. The molecule has 6 nitrogen and oxygen atoms in total. The Balaban J connectivity index is 1.85. The average Bonchev–Trinajstić information content (AvgIpc) is 2.96. The van der Waals surface area contributed by atoms with E-state index in [-0.39, 0.29) is 18.0 Å². The van der Waals surface area contributed by atoms with Gasteiger partial charge in [-0.25, -0.2) is 0 Å². The topological polar surface area (TPSA) is 75.8 Å². The van der Waals surface area contributed by atoms with Crippen LogP contribution in [0.1, 0.15) is 36.0 Å². The van der Waals surface area contributed by atoms with Gasteiger partial charge in [0.2, 0.25) is 0 Å². The third-order valence-electron chi connectivity index (χ3n) is 4.50. The Morgan fingerprint density at radius 3 is 2.44 bits per heavy atom. The van der Waals surface area contributed by atoms with Crippen molar-refractivity contribution in [1.29, 1.82) is 0 Å².